The second kappa shape index (κ2) is 8.80. The number of anilines is 3. The van der Waals surface area contributed by atoms with E-state index in [1.807, 2.05) is 0 Å². The lowest BCUT2D eigenvalue weighted by molar-refractivity contribution is -0.137. The normalized spacial score (nSPS) is 12.4. The number of aromatic nitrogens is 2. The van der Waals surface area contributed by atoms with Crippen LogP contribution in [0.1, 0.15) is 16.4 Å². The van der Waals surface area contributed by atoms with Crippen molar-refractivity contribution in [2.24, 2.45) is 0 Å². The van der Waals surface area contributed by atoms with Gasteiger partial charge in [0.25, 0.3) is 0 Å². The summed E-state index contributed by atoms with van der Waals surface area (Å²) in [6.45, 7) is 0. The maximum Gasteiger partial charge on any atom is 0.416 e. The number of carbonyl (C=O) groups excluding carboxylic acids is 1. The van der Waals surface area contributed by atoms with Crippen molar-refractivity contribution in [3.05, 3.63) is 70.7 Å². The fraction of sp³-hybridized carbons (Fsp3) is 0.105. The van der Waals surface area contributed by atoms with Gasteiger partial charge in [-0.05, 0) is 23.8 Å². The molecule has 0 aliphatic carbocycles. The molecule has 0 bridgehead atoms. The Balaban J connectivity index is 1.93. The Bertz CT molecular complexity index is 1050. The number of nitrogens with zero attached hydrogens (tertiary/aromatic N) is 2. The molecular weight excluding hydrogens is 439 g/mol. The van der Waals surface area contributed by atoms with Gasteiger partial charge in [0, 0.05) is 6.07 Å². The summed E-state index contributed by atoms with van der Waals surface area (Å²) in [6, 6.07) is 12.7. The van der Waals surface area contributed by atoms with E-state index in [0.29, 0.717) is 5.56 Å². The fourth-order valence-electron chi connectivity index (χ4n) is 2.52. The minimum absolute atomic E-state index is 0.0300. The first-order chi connectivity index (χ1) is 14.1. The van der Waals surface area contributed by atoms with Gasteiger partial charge < -0.3 is 16.8 Å². The number of hydrogen-bond donors (Lipinski definition) is 3. The minimum Gasteiger partial charge on any atom is -0.383 e. The number of benzene rings is 2. The molecule has 6 nitrogen and oxygen atoms in total. The molecule has 0 aliphatic heterocycles. The van der Waals surface area contributed by atoms with Crippen LogP contribution in [-0.4, -0.2) is 15.9 Å². The molecule has 0 spiro atoms. The molecular formula is C19H15ClF3N5OS. The average Bonchev–Trinajstić information content (AvgIpc) is 2.67. The second-order valence-electron chi connectivity index (χ2n) is 6.09. The number of amides is 1. The van der Waals surface area contributed by atoms with Crippen LogP contribution in [0.5, 0.6) is 0 Å². The number of carbonyl (C=O) groups is 1. The van der Waals surface area contributed by atoms with E-state index in [1.54, 1.807) is 30.3 Å². The molecule has 1 amide bonds. The van der Waals surface area contributed by atoms with Crippen molar-refractivity contribution >= 4 is 46.6 Å². The summed E-state index contributed by atoms with van der Waals surface area (Å²) >= 11 is 6.95. The molecule has 1 heterocycles. The lowest BCUT2D eigenvalue weighted by Crippen LogP contribution is -2.20. The van der Waals surface area contributed by atoms with Gasteiger partial charge in [-0.3, -0.25) is 4.79 Å². The molecule has 5 N–H and O–H groups in total. The van der Waals surface area contributed by atoms with E-state index in [2.05, 4.69) is 15.3 Å². The largest absolute Gasteiger partial charge is 0.416 e. The third kappa shape index (κ3) is 5.33. The summed E-state index contributed by atoms with van der Waals surface area (Å²) in [6.07, 6.45) is -4.58. The molecule has 1 aromatic heterocycles. The third-order valence-electron chi connectivity index (χ3n) is 3.86. The number of halogens is 4. The molecule has 0 saturated heterocycles. The highest BCUT2D eigenvalue weighted by molar-refractivity contribution is 8.00. The zero-order chi connectivity index (χ0) is 21.9. The van der Waals surface area contributed by atoms with Crippen molar-refractivity contribution in [1.82, 2.24) is 9.97 Å². The number of alkyl halides is 3. The predicted molar refractivity (Wildman–Crippen MR) is 111 cm³/mol. The van der Waals surface area contributed by atoms with Crippen LogP contribution in [0.2, 0.25) is 5.02 Å². The van der Waals surface area contributed by atoms with Gasteiger partial charge in [0.15, 0.2) is 5.16 Å². The van der Waals surface area contributed by atoms with Crippen LogP contribution < -0.4 is 16.8 Å². The van der Waals surface area contributed by atoms with E-state index >= 15 is 0 Å². The van der Waals surface area contributed by atoms with Gasteiger partial charge in [-0.25, -0.2) is 9.97 Å². The van der Waals surface area contributed by atoms with Crippen LogP contribution in [-0.2, 0) is 11.0 Å². The standard InChI is InChI=1S/C19H15ClF3N5OS/c20-12-7-6-11(19(21,22)23)8-13(12)26-17(29)16(10-4-2-1-3-5-10)30-18-27-14(24)9-15(25)28-18/h1-9,16H,(H,26,29)(H4,24,25,27,28)/t16-/m0/s1. The maximum absolute atomic E-state index is 13.0. The first-order valence-corrected chi connectivity index (χ1v) is 9.68. The van der Waals surface area contributed by atoms with Gasteiger partial charge in [-0.2, -0.15) is 13.2 Å². The highest BCUT2D eigenvalue weighted by atomic mass is 35.5. The number of thioether (sulfide) groups is 1. The summed E-state index contributed by atoms with van der Waals surface area (Å²) in [7, 11) is 0. The molecule has 0 unspecified atom stereocenters. The second-order valence-corrected chi connectivity index (χ2v) is 7.57. The monoisotopic (exact) mass is 453 g/mol. The van der Waals surface area contributed by atoms with Crippen LogP contribution in [0.25, 0.3) is 0 Å². The summed E-state index contributed by atoms with van der Waals surface area (Å²) in [5.74, 6) is -0.367. The molecule has 3 rings (SSSR count). The molecule has 2 aromatic carbocycles. The van der Waals surface area contributed by atoms with Gasteiger partial charge in [-0.15, -0.1) is 0 Å². The lowest BCUT2D eigenvalue weighted by atomic mass is 10.1. The highest BCUT2D eigenvalue weighted by Crippen LogP contribution is 2.37. The first-order valence-electron chi connectivity index (χ1n) is 8.43. The molecule has 0 saturated carbocycles. The first kappa shape index (κ1) is 21.7. The molecule has 0 radical (unpaired) electrons. The van der Waals surface area contributed by atoms with E-state index in [9.17, 15) is 18.0 Å². The van der Waals surface area contributed by atoms with Crippen LogP contribution in [0.3, 0.4) is 0 Å². The van der Waals surface area contributed by atoms with Crippen LogP contribution in [0.15, 0.2) is 59.8 Å². The van der Waals surface area contributed by atoms with E-state index in [0.717, 1.165) is 30.0 Å². The fourth-order valence-corrected chi connectivity index (χ4v) is 3.67. The Morgan fingerprint density at radius 2 is 1.67 bits per heavy atom. The molecule has 1 atom stereocenters. The van der Waals surface area contributed by atoms with Gasteiger partial charge in [0.1, 0.15) is 16.9 Å². The highest BCUT2D eigenvalue weighted by Gasteiger charge is 2.32. The molecule has 3 aromatic rings. The molecule has 30 heavy (non-hydrogen) atoms. The Hall–Kier alpha value is -2.98. The Morgan fingerprint density at radius 1 is 1.03 bits per heavy atom. The Labute approximate surface area is 178 Å². The molecule has 156 valence electrons. The number of hydrogen-bond acceptors (Lipinski definition) is 6. The predicted octanol–water partition coefficient (Wildman–Crippen LogP) is 4.79. The van der Waals surface area contributed by atoms with E-state index < -0.39 is 22.9 Å². The molecule has 11 heteroatoms. The Morgan fingerprint density at radius 3 is 2.27 bits per heavy atom. The van der Waals surface area contributed by atoms with Gasteiger partial charge in [-0.1, -0.05) is 53.7 Å². The Kier molecular flexibility index (Phi) is 6.37. The van der Waals surface area contributed by atoms with Crippen molar-refractivity contribution in [1.29, 1.82) is 0 Å². The number of nitrogens with two attached hydrogens (primary N) is 2. The minimum atomic E-state index is -4.58. The third-order valence-corrected chi connectivity index (χ3v) is 5.31. The molecule has 0 fully saturated rings. The topological polar surface area (TPSA) is 107 Å². The van der Waals surface area contributed by atoms with Gasteiger partial charge in [0.2, 0.25) is 5.91 Å². The SMILES string of the molecule is Nc1cc(N)nc(S[C@H](C(=O)Nc2cc(C(F)(F)F)ccc2Cl)c2ccccc2)n1. The van der Waals surface area contributed by atoms with Crippen molar-refractivity contribution in [2.75, 3.05) is 16.8 Å². The summed E-state index contributed by atoms with van der Waals surface area (Å²) < 4.78 is 39.1. The lowest BCUT2D eigenvalue weighted by Gasteiger charge is -2.18. The van der Waals surface area contributed by atoms with Gasteiger partial charge >= 0.3 is 6.18 Å². The smallest absolute Gasteiger partial charge is 0.383 e. The quantitative estimate of drug-likeness (QED) is 0.379. The summed E-state index contributed by atoms with van der Waals surface area (Å²) in [5.41, 5.74) is 10.8. The van der Waals surface area contributed by atoms with Gasteiger partial charge in [0.05, 0.1) is 16.3 Å². The van der Waals surface area contributed by atoms with Crippen molar-refractivity contribution in [3.63, 3.8) is 0 Å². The van der Waals surface area contributed by atoms with E-state index in [4.69, 9.17) is 23.1 Å². The number of nitrogen functional groups attached to an aromatic ring is 2. The van der Waals surface area contributed by atoms with Crippen molar-refractivity contribution in [3.8, 4) is 0 Å². The average molecular weight is 454 g/mol. The summed E-state index contributed by atoms with van der Waals surface area (Å²) in [5, 5.41) is 1.67. The maximum atomic E-state index is 13.0. The van der Waals surface area contributed by atoms with E-state index in [1.165, 1.54) is 6.07 Å². The zero-order valence-corrected chi connectivity index (χ0v) is 16.7. The van der Waals surface area contributed by atoms with Crippen molar-refractivity contribution < 1.29 is 18.0 Å². The van der Waals surface area contributed by atoms with Crippen LogP contribution in [0, 0.1) is 0 Å². The summed E-state index contributed by atoms with van der Waals surface area (Å²) in [4.78, 5) is 21.1. The van der Waals surface area contributed by atoms with Crippen molar-refractivity contribution in [2.45, 2.75) is 16.6 Å². The van der Waals surface area contributed by atoms with Crippen LogP contribution in [0.4, 0.5) is 30.5 Å². The van der Waals surface area contributed by atoms with E-state index in [-0.39, 0.29) is 27.5 Å². The van der Waals surface area contributed by atoms with Crippen LogP contribution >= 0.6 is 23.4 Å². The number of rotatable bonds is 5. The number of nitrogens with one attached hydrogen (secondary N) is 1. The zero-order valence-electron chi connectivity index (χ0n) is 15.2. The molecule has 0 aliphatic rings.